The predicted molar refractivity (Wildman–Crippen MR) is 61.3 cm³/mol. The molecule has 2 heterocycles. The van der Waals surface area contributed by atoms with E-state index in [1.54, 1.807) is 17.0 Å². The van der Waals surface area contributed by atoms with Gasteiger partial charge in [-0.2, -0.15) is 0 Å². The Morgan fingerprint density at radius 3 is 2.94 bits per heavy atom. The van der Waals surface area contributed by atoms with Gasteiger partial charge in [-0.05, 0) is 19.4 Å². The van der Waals surface area contributed by atoms with Crippen molar-refractivity contribution in [2.45, 2.75) is 13.3 Å². The van der Waals surface area contributed by atoms with Gasteiger partial charge in [0.05, 0.1) is 0 Å². The smallest absolute Gasteiger partial charge is 0.270 e. The molecule has 0 aromatic carbocycles. The minimum Gasteiger partial charge on any atom is -0.333 e. The van der Waals surface area contributed by atoms with Gasteiger partial charge in [-0.3, -0.25) is 9.59 Å². The van der Waals surface area contributed by atoms with Crippen LogP contribution < -0.4 is 5.56 Å². The van der Waals surface area contributed by atoms with Crippen LogP contribution in [0.2, 0.25) is 0 Å². The second-order valence-corrected chi connectivity index (χ2v) is 3.99. The highest BCUT2D eigenvalue weighted by molar-refractivity contribution is 5.92. The number of nitrogens with one attached hydrogen (secondary N) is 1. The summed E-state index contributed by atoms with van der Waals surface area (Å²) in [6.45, 7) is 3.37. The summed E-state index contributed by atoms with van der Waals surface area (Å²) in [5.74, 6) is -0.106. The summed E-state index contributed by atoms with van der Waals surface area (Å²) in [5, 5.41) is 0. The zero-order valence-corrected chi connectivity index (χ0v) is 9.19. The van der Waals surface area contributed by atoms with Crippen LogP contribution in [0, 0.1) is 0 Å². The van der Waals surface area contributed by atoms with Gasteiger partial charge in [-0.15, -0.1) is 0 Å². The minimum absolute atomic E-state index is 0.106. The topological polar surface area (TPSA) is 53.2 Å². The number of carbonyl (C=O) groups is 1. The maximum Gasteiger partial charge on any atom is 0.270 e. The molecule has 2 rings (SSSR count). The number of rotatable bonds is 1. The number of aromatic amines is 1. The average molecular weight is 218 g/mol. The number of hydrogen-bond donors (Lipinski definition) is 1. The van der Waals surface area contributed by atoms with Crippen molar-refractivity contribution in [2.24, 2.45) is 0 Å². The molecule has 0 fully saturated rings. The fraction of sp³-hybridized carbons (Fsp3) is 0.333. The number of H-pyrrole nitrogens is 1. The third-order valence-corrected chi connectivity index (χ3v) is 2.62. The molecule has 0 radical (unpaired) electrons. The first-order chi connectivity index (χ1) is 7.66. The van der Waals surface area contributed by atoms with E-state index in [9.17, 15) is 9.59 Å². The molecule has 0 unspecified atom stereocenters. The Kier molecular flexibility index (Phi) is 2.90. The average Bonchev–Trinajstić information content (AvgIpc) is 2.28. The van der Waals surface area contributed by atoms with E-state index in [0.29, 0.717) is 18.8 Å². The van der Waals surface area contributed by atoms with Gasteiger partial charge >= 0.3 is 0 Å². The molecule has 1 aromatic rings. The van der Waals surface area contributed by atoms with Gasteiger partial charge in [0, 0.05) is 19.2 Å². The van der Waals surface area contributed by atoms with Crippen LogP contribution in [0.4, 0.5) is 0 Å². The molecule has 0 saturated heterocycles. The van der Waals surface area contributed by atoms with Crippen LogP contribution in [-0.2, 0) is 0 Å². The highest BCUT2D eigenvalue weighted by atomic mass is 16.2. The minimum atomic E-state index is -0.241. The van der Waals surface area contributed by atoms with Gasteiger partial charge in [-0.1, -0.05) is 17.7 Å². The van der Waals surface area contributed by atoms with E-state index in [0.717, 1.165) is 6.42 Å². The Morgan fingerprint density at radius 2 is 2.25 bits per heavy atom. The van der Waals surface area contributed by atoms with Crippen molar-refractivity contribution >= 4 is 5.91 Å². The van der Waals surface area contributed by atoms with Crippen molar-refractivity contribution in [3.63, 3.8) is 0 Å². The van der Waals surface area contributed by atoms with Crippen LogP contribution in [-0.4, -0.2) is 28.9 Å². The lowest BCUT2D eigenvalue weighted by atomic mass is 10.1. The molecule has 4 nitrogen and oxygen atoms in total. The fourth-order valence-corrected chi connectivity index (χ4v) is 1.83. The lowest BCUT2D eigenvalue weighted by Gasteiger charge is -2.25. The molecule has 1 aliphatic rings. The summed E-state index contributed by atoms with van der Waals surface area (Å²) < 4.78 is 0. The largest absolute Gasteiger partial charge is 0.333 e. The fourth-order valence-electron chi connectivity index (χ4n) is 1.83. The Labute approximate surface area is 93.6 Å². The van der Waals surface area contributed by atoms with Crippen LogP contribution in [0.3, 0.4) is 0 Å². The van der Waals surface area contributed by atoms with Gasteiger partial charge < -0.3 is 9.88 Å². The first-order valence-electron chi connectivity index (χ1n) is 5.31. The summed E-state index contributed by atoms with van der Waals surface area (Å²) >= 11 is 0. The summed E-state index contributed by atoms with van der Waals surface area (Å²) in [6, 6.07) is 4.63. The van der Waals surface area contributed by atoms with Crippen LogP contribution in [0.25, 0.3) is 0 Å². The number of amides is 1. The Bertz CT molecular complexity index is 488. The van der Waals surface area contributed by atoms with Gasteiger partial charge in [-0.25, -0.2) is 0 Å². The standard InChI is InChI=1S/C12H14N2O2/c1-9-4-3-7-14(8-9)12(16)10-5-2-6-11(15)13-10/h2,4-6H,3,7-8H2,1H3,(H,13,15). The van der Waals surface area contributed by atoms with Crippen molar-refractivity contribution in [1.82, 2.24) is 9.88 Å². The second kappa shape index (κ2) is 4.35. The number of nitrogens with zero attached hydrogens (tertiary/aromatic N) is 1. The van der Waals surface area contributed by atoms with Gasteiger partial charge in [0.15, 0.2) is 0 Å². The third kappa shape index (κ3) is 2.21. The van der Waals surface area contributed by atoms with E-state index in [1.807, 2.05) is 6.92 Å². The number of hydrogen-bond acceptors (Lipinski definition) is 2. The Hall–Kier alpha value is -1.84. The summed E-state index contributed by atoms with van der Waals surface area (Å²) in [6.07, 6.45) is 3.02. The maximum atomic E-state index is 12.0. The molecule has 84 valence electrons. The van der Waals surface area contributed by atoms with E-state index in [4.69, 9.17) is 0 Å². The van der Waals surface area contributed by atoms with Crippen molar-refractivity contribution in [3.8, 4) is 0 Å². The van der Waals surface area contributed by atoms with Gasteiger partial charge in [0.25, 0.3) is 5.91 Å². The molecule has 0 spiro atoms. The predicted octanol–water partition coefficient (Wildman–Crippen LogP) is 1.17. The number of carbonyl (C=O) groups excluding carboxylic acids is 1. The summed E-state index contributed by atoms with van der Waals surface area (Å²) in [5.41, 5.74) is 1.32. The second-order valence-electron chi connectivity index (χ2n) is 3.99. The molecule has 1 aliphatic heterocycles. The van der Waals surface area contributed by atoms with Crippen molar-refractivity contribution in [1.29, 1.82) is 0 Å². The van der Waals surface area contributed by atoms with E-state index in [2.05, 4.69) is 11.1 Å². The highest BCUT2D eigenvalue weighted by Crippen LogP contribution is 2.11. The van der Waals surface area contributed by atoms with Crippen LogP contribution >= 0.6 is 0 Å². The van der Waals surface area contributed by atoms with Gasteiger partial charge in [0.2, 0.25) is 5.56 Å². The van der Waals surface area contributed by atoms with Crippen molar-refractivity contribution in [3.05, 3.63) is 45.9 Å². The molecule has 1 N–H and O–H groups in total. The highest BCUT2D eigenvalue weighted by Gasteiger charge is 2.18. The van der Waals surface area contributed by atoms with Gasteiger partial charge in [0.1, 0.15) is 5.69 Å². The molecule has 0 aliphatic carbocycles. The zero-order valence-electron chi connectivity index (χ0n) is 9.19. The van der Waals surface area contributed by atoms with Crippen LogP contribution in [0.15, 0.2) is 34.6 Å². The molecule has 0 bridgehead atoms. The Morgan fingerprint density at radius 1 is 1.44 bits per heavy atom. The molecule has 1 aromatic heterocycles. The summed E-state index contributed by atoms with van der Waals surface area (Å²) in [4.78, 5) is 27.4. The quantitative estimate of drug-likeness (QED) is 0.719. The maximum absolute atomic E-state index is 12.0. The third-order valence-electron chi connectivity index (χ3n) is 2.62. The van der Waals surface area contributed by atoms with E-state index < -0.39 is 0 Å². The Balaban J connectivity index is 2.20. The molecule has 1 amide bonds. The van der Waals surface area contributed by atoms with Crippen LogP contribution in [0.1, 0.15) is 23.8 Å². The van der Waals surface area contributed by atoms with Crippen LogP contribution in [0.5, 0.6) is 0 Å². The van der Waals surface area contributed by atoms with E-state index in [-0.39, 0.29) is 11.5 Å². The lowest BCUT2D eigenvalue weighted by molar-refractivity contribution is 0.0760. The number of aromatic nitrogens is 1. The lowest BCUT2D eigenvalue weighted by Crippen LogP contribution is -2.36. The van der Waals surface area contributed by atoms with Crippen molar-refractivity contribution in [2.75, 3.05) is 13.1 Å². The SMILES string of the molecule is CC1=CCCN(C(=O)c2cccc(=O)[nH]2)C1. The normalized spacial score (nSPS) is 15.8. The van der Waals surface area contributed by atoms with E-state index in [1.165, 1.54) is 11.6 Å². The zero-order chi connectivity index (χ0) is 11.5. The molecule has 4 heteroatoms. The molecular formula is C12H14N2O2. The first-order valence-corrected chi connectivity index (χ1v) is 5.31. The molecular weight excluding hydrogens is 204 g/mol. The monoisotopic (exact) mass is 218 g/mol. The summed E-state index contributed by atoms with van der Waals surface area (Å²) in [7, 11) is 0. The first kappa shape index (κ1) is 10.7. The van der Waals surface area contributed by atoms with E-state index >= 15 is 0 Å². The molecule has 0 atom stereocenters. The molecule has 16 heavy (non-hydrogen) atoms. The van der Waals surface area contributed by atoms with Crippen molar-refractivity contribution < 1.29 is 4.79 Å². The molecule has 0 saturated carbocycles. The number of pyridine rings is 1.